The largest absolute Gasteiger partial charge is 0.450 e. The number of benzene rings is 2. The quantitative estimate of drug-likeness (QED) is 0.482. The van der Waals surface area contributed by atoms with Gasteiger partial charge in [-0.1, -0.05) is 11.6 Å². The van der Waals surface area contributed by atoms with E-state index >= 15 is 0 Å². The van der Waals surface area contributed by atoms with E-state index in [1.54, 1.807) is 25.1 Å². The number of carbonyl (C=O) groups is 1. The van der Waals surface area contributed by atoms with E-state index in [2.05, 4.69) is 0 Å². The van der Waals surface area contributed by atoms with E-state index in [-0.39, 0.29) is 17.0 Å². The second-order valence-electron chi connectivity index (χ2n) is 4.12. The number of nitrogens with zero attached hydrogens (tertiary/aromatic N) is 1. The van der Waals surface area contributed by atoms with Crippen molar-refractivity contribution in [1.29, 1.82) is 0 Å². The first-order valence-electron chi connectivity index (χ1n) is 5.69. The van der Waals surface area contributed by atoms with Crippen LogP contribution in [0.15, 0.2) is 36.4 Å². The number of carbonyl (C=O) groups excluding carboxylic acids is 1. The number of nitro benzene ring substituents is 1. The van der Waals surface area contributed by atoms with Crippen LogP contribution in [0.25, 0.3) is 0 Å². The summed E-state index contributed by atoms with van der Waals surface area (Å²) in [6.45, 7) is 1.80. The van der Waals surface area contributed by atoms with E-state index < -0.39 is 4.92 Å². The Morgan fingerprint density at radius 3 is 2.60 bits per heavy atom. The van der Waals surface area contributed by atoms with Gasteiger partial charge in [-0.2, -0.15) is 0 Å². The molecule has 0 saturated carbocycles. The molecule has 0 spiro atoms. The number of aryl methyl sites for hydroxylation is 1. The lowest BCUT2D eigenvalue weighted by molar-refractivity contribution is -0.385. The van der Waals surface area contributed by atoms with Gasteiger partial charge in [-0.15, -0.1) is 0 Å². The summed E-state index contributed by atoms with van der Waals surface area (Å²) in [5.74, 6) is 0.510. The van der Waals surface area contributed by atoms with Crippen LogP contribution in [0.1, 0.15) is 15.9 Å². The molecular weight excluding hydrogens is 282 g/mol. The first kappa shape index (κ1) is 14.0. The van der Waals surface area contributed by atoms with E-state index in [9.17, 15) is 14.9 Å². The minimum atomic E-state index is -0.592. The van der Waals surface area contributed by atoms with Crippen molar-refractivity contribution in [1.82, 2.24) is 0 Å². The highest BCUT2D eigenvalue weighted by atomic mass is 35.5. The second kappa shape index (κ2) is 5.71. The molecule has 0 aliphatic heterocycles. The fourth-order valence-electron chi connectivity index (χ4n) is 1.64. The summed E-state index contributed by atoms with van der Waals surface area (Å²) < 4.78 is 5.49. The van der Waals surface area contributed by atoms with Gasteiger partial charge in [0.25, 0.3) is 0 Å². The molecule has 0 amide bonds. The molecule has 0 heterocycles. The Labute approximate surface area is 119 Å². The maximum atomic E-state index is 11.0. The maximum Gasteiger partial charge on any atom is 0.312 e. The summed E-state index contributed by atoms with van der Waals surface area (Å²) in [5.41, 5.74) is 0.759. The zero-order valence-electron chi connectivity index (χ0n) is 10.5. The number of halogens is 1. The molecule has 0 fully saturated rings. The first-order chi connectivity index (χ1) is 9.51. The fourth-order valence-corrected chi connectivity index (χ4v) is 1.76. The predicted octanol–water partition coefficient (Wildman–Crippen LogP) is 4.16. The summed E-state index contributed by atoms with van der Waals surface area (Å²) >= 11 is 5.90. The van der Waals surface area contributed by atoms with Gasteiger partial charge in [0, 0.05) is 16.7 Å². The van der Waals surface area contributed by atoms with Crippen molar-refractivity contribution in [3.05, 3.63) is 62.7 Å². The molecule has 2 aromatic rings. The van der Waals surface area contributed by atoms with Crippen LogP contribution in [0, 0.1) is 17.0 Å². The number of hydrogen-bond donors (Lipinski definition) is 0. The van der Waals surface area contributed by atoms with E-state index in [1.165, 1.54) is 18.2 Å². The van der Waals surface area contributed by atoms with Gasteiger partial charge in [0.05, 0.1) is 4.92 Å². The number of hydrogen-bond acceptors (Lipinski definition) is 4. The Kier molecular flexibility index (Phi) is 4.00. The average molecular weight is 292 g/mol. The maximum absolute atomic E-state index is 11.0. The lowest BCUT2D eigenvalue weighted by Gasteiger charge is -2.08. The van der Waals surface area contributed by atoms with Gasteiger partial charge in [0.1, 0.15) is 12.0 Å². The van der Waals surface area contributed by atoms with Gasteiger partial charge in [-0.3, -0.25) is 14.9 Å². The van der Waals surface area contributed by atoms with E-state index in [4.69, 9.17) is 16.3 Å². The fraction of sp³-hybridized carbons (Fsp3) is 0.0714. The van der Waals surface area contributed by atoms with Crippen molar-refractivity contribution in [3.63, 3.8) is 0 Å². The normalized spacial score (nSPS) is 10.1. The molecule has 0 aliphatic rings. The summed E-state index contributed by atoms with van der Waals surface area (Å²) in [5, 5.41) is 11.6. The number of ether oxygens (including phenoxy) is 1. The van der Waals surface area contributed by atoms with Crippen LogP contribution in [-0.4, -0.2) is 11.2 Å². The molecule has 0 N–H and O–H groups in total. The third-order valence-electron chi connectivity index (χ3n) is 2.67. The molecule has 5 nitrogen and oxygen atoms in total. The van der Waals surface area contributed by atoms with Gasteiger partial charge in [-0.05, 0) is 42.8 Å². The highest BCUT2D eigenvalue weighted by Gasteiger charge is 2.16. The summed E-state index contributed by atoms with van der Waals surface area (Å²) in [4.78, 5) is 21.1. The molecule has 0 aliphatic carbocycles. The molecule has 6 heteroatoms. The molecule has 0 atom stereocenters. The molecule has 20 heavy (non-hydrogen) atoms. The third-order valence-corrected chi connectivity index (χ3v) is 3.10. The van der Waals surface area contributed by atoms with Crippen LogP contribution in [0.2, 0.25) is 5.02 Å². The SMILES string of the molecule is Cc1cc(Oc2ccc(C=O)cc2[N+](=O)[O-])ccc1Cl. The van der Waals surface area contributed by atoms with E-state index in [0.717, 1.165) is 5.56 Å². The Morgan fingerprint density at radius 2 is 2.00 bits per heavy atom. The molecule has 0 saturated heterocycles. The highest BCUT2D eigenvalue weighted by molar-refractivity contribution is 6.31. The van der Waals surface area contributed by atoms with Crippen molar-refractivity contribution in [2.75, 3.05) is 0 Å². The molecule has 0 aromatic heterocycles. The zero-order valence-corrected chi connectivity index (χ0v) is 11.3. The van der Waals surface area contributed by atoms with Gasteiger partial charge in [0.2, 0.25) is 5.75 Å². The zero-order chi connectivity index (χ0) is 14.7. The molecule has 102 valence electrons. The summed E-state index contributed by atoms with van der Waals surface area (Å²) in [6, 6.07) is 8.97. The summed E-state index contributed by atoms with van der Waals surface area (Å²) in [7, 11) is 0. The van der Waals surface area contributed by atoms with Crippen LogP contribution in [-0.2, 0) is 0 Å². The minimum absolute atomic E-state index is 0.0716. The lowest BCUT2D eigenvalue weighted by atomic mass is 10.2. The minimum Gasteiger partial charge on any atom is -0.450 e. The van der Waals surface area contributed by atoms with Gasteiger partial charge < -0.3 is 4.74 Å². The molecule has 0 unspecified atom stereocenters. The lowest BCUT2D eigenvalue weighted by Crippen LogP contribution is -1.95. The number of aldehydes is 1. The smallest absolute Gasteiger partial charge is 0.312 e. The predicted molar refractivity (Wildman–Crippen MR) is 74.7 cm³/mol. The first-order valence-corrected chi connectivity index (χ1v) is 6.06. The standard InChI is InChI=1S/C14H10ClNO4/c1-9-6-11(3-4-12(9)15)20-14-5-2-10(8-17)7-13(14)16(18)19/h2-8H,1H3. The van der Waals surface area contributed by atoms with Gasteiger partial charge in [-0.25, -0.2) is 0 Å². The van der Waals surface area contributed by atoms with Gasteiger partial charge >= 0.3 is 5.69 Å². The van der Waals surface area contributed by atoms with Crippen LogP contribution >= 0.6 is 11.6 Å². The number of rotatable bonds is 4. The second-order valence-corrected chi connectivity index (χ2v) is 4.52. The Bertz CT molecular complexity index is 685. The van der Waals surface area contributed by atoms with Crippen molar-refractivity contribution in [2.45, 2.75) is 6.92 Å². The molecule has 2 rings (SSSR count). The van der Waals surface area contributed by atoms with Crippen molar-refractivity contribution in [2.24, 2.45) is 0 Å². The van der Waals surface area contributed by atoms with Gasteiger partial charge in [0.15, 0.2) is 0 Å². The Balaban J connectivity index is 2.39. The Morgan fingerprint density at radius 1 is 1.25 bits per heavy atom. The molecular formula is C14H10ClNO4. The van der Waals surface area contributed by atoms with Crippen LogP contribution in [0.4, 0.5) is 5.69 Å². The van der Waals surface area contributed by atoms with E-state index in [1.807, 2.05) is 0 Å². The van der Waals surface area contributed by atoms with Crippen LogP contribution in [0.3, 0.4) is 0 Å². The Hall–Kier alpha value is -2.40. The number of nitro groups is 1. The van der Waals surface area contributed by atoms with Crippen LogP contribution < -0.4 is 4.74 Å². The average Bonchev–Trinajstić information content (AvgIpc) is 2.43. The molecule has 0 bridgehead atoms. The third kappa shape index (κ3) is 2.95. The monoisotopic (exact) mass is 291 g/mol. The summed E-state index contributed by atoms with van der Waals surface area (Å²) in [6.07, 6.45) is 0.545. The molecule has 2 aromatic carbocycles. The van der Waals surface area contributed by atoms with Crippen molar-refractivity contribution < 1.29 is 14.5 Å². The highest BCUT2D eigenvalue weighted by Crippen LogP contribution is 2.33. The topological polar surface area (TPSA) is 69.4 Å². The van der Waals surface area contributed by atoms with Crippen molar-refractivity contribution in [3.8, 4) is 11.5 Å². The van der Waals surface area contributed by atoms with Crippen molar-refractivity contribution >= 4 is 23.6 Å². The van der Waals surface area contributed by atoms with E-state index in [0.29, 0.717) is 17.1 Å². The van der Waals surface area contributed by atoms with Crippen LogP contribution in [0.5, 0.6) is 11.5 Å². The molecule has 0 radical (unpaired) electrons.